The number of amides is 1. The van der Waals surface area contributed by atoms with E-state index in [2.05, 4.69) is 10.3 Å². The zero-order chi connectivity index (χ0) is 18.7. The quantitative estimate of drug-likeness (QED) is 0.389. The van der Waals surface area contributed by atoms with E-state index in [1.165, 1.54) is 24.4 Å². The van der Waals surface area contributed by atoms with Crippen LogP contribution in [0.4, 0.5) is 5.69 Å². The van der Waals surface area contributed by atoms with Crippen molar-refractivity contribution in [2.75, 3.05) is 11.9 Å². The van der Waals surface area contributed by atoms with Crippen LogP contribution >= 0.6 is 0 Å². The van der Waals surface area contributed by atoms with Gasteiger partial charge in [-0.15, -0.1) is 0 Å². The van der Waals surface area contributed by atoms with Crippen LogP contribution in [0.25, 0.3) is 11.1 Å². The van der Waals surface area contributed by atoms with Gasteiger partial charge >= 0.3 is 5.97 Å². The fraction of sp³-hybridized carbons (Fsp3) is 0.0588. The van der Waals surface area contributed by atoms with Crippen molar-refractivity contribution in [3.63, 3.8) is 0 Å². The molecule has 0 aliphatic rings. The minimum atomic E-state index is -1.08. The molecule has 0 saturated heterocycles. The summed E-state index contributed by atoms with van der Waals surface area (Å²) in [6.07, 6.45) is 1.39. The zero-order valence-electron chi connectivity index (χ0n) is 13.4. The van der Waals surface area contributed by atoms with Crippen molar-refractivity contribution in [1.82, 2.24) is 4.98 Å². The Kier molecular flexibility index (Phi) is 4.52. The van der Waals surface area contributed by atoms with Crippen LogP contribution in [0.3, 0.4) is 0 Å². The monoisotopic (exact) mass is 354 g/mol. The molecule has 132 valence electrons. The van der Waals surface area contributed by atoms with Crippen molar-refractivity contribution < 1.29 is 23.8 Å². The molecule has 0 bridgehead atoms. The third kappa shape index (κ3) is 3.78. The number of amidine groups is 1. The standard InChI is InChI=1S/C17H14N4O5/c18-15(19)10-5-9-6-13(26-17(9)20-7-10)16(24)21-11-1-3-12(4-2-11)25-8-14(22)23/h1-7H,8H2,(H3,18,19)(H,21,24)(H,22,23). The summed E-state index contributed by atoms with van der Waals surface area (Å²) >= 11 is 0. The second-order valence-electron chi connectivity index (χ2n) is 5.30. The first-order valence-electron chi connectivity index (χ1n) is 7.42. The van der Waals surface area contributed by atoms with Crippen molar-refractivity contribution in [3.05, 3.63) is 53.9 Å². The Balaban J connectivity index is 1.72. The molecule has 9 heteroatoms. The molecule has 9 nitrogen and oxygen atoms in total. The fourth-order valence-electron chi connectivity index (χ4n) is 2.16. The van der Waals surface area contributed by atoms with Crippen LogP contribution in [0.5, 0.6) is 5.75 Å². The first-order chi connectivity index (χ1) is 12.4. The Bertz CT molecular complexity index is 994. The number of aromatic nitrogens is 1. The van der Waals surface area contributed by atoms with Gasteiger partial charge in [-0.3, -0.25) is 10.2 Å². The van der Waals surface area contributed by atoms with Crippen molar-refractivity contribution >= 4 is 34.5 Å². The van der Waals surface area contributed by atoms with E-state index < -0.39 is 18.5 Å². The maximum atomic E-state index is 12.3. The number of furan rings is 1. The van der Waals surface area contributed by atoms with E-state index in [0.717, 1.165) is 0 Å². The van der Waals surface area contributed by atoms with Crippen molar-refractivity contribution in [1.29, 1.82) is 5.41 Å². The van der Waals surface area contributed by atoms with E-state index in [4.69, 9.17) is 25.4 Å². The molecule has 0 aliphatic carbocycles. The van der Waals surface area contributed by atoms with Crippen LogP contribution < -0.4 is 15.8 Å². The number of anilines is 1. The Morgan fingerprint density at radius 2 is 2.00 bits per heavy atom. The van der Waals surface area contributed by atoms with Gasteiger partial charge in [0.05, 0.1) is 0 Å². The SMILES string of the molecule is N=C(N)c1cnc2oc(C(=O)Nc3ccc(OCC(=O)O)cc3)cc2c1. The molecule has 3 rings (SSSR count). The number of pyridine rings is 1. The lowest BCUT2D eigenvalue weighted by Crippen LogP contribution is -2.11. The van der Waals surface area contributed by atoms with Crippen molar-refractivity contribution in [2.45, 2.75) is 0 Å². The lowest BCUT2D eigenvalue weighted by atomic mass is 10.2. The number of fused-ring (bicyclic) bond motifs is 1. The van der Waals surface area contributed by atoms with Gasteiger partial charge in [-0.1, -0.05) is 0 Å². The molecule has 1 amide bonds. The van der Waals surface area contributed by atoms with E-state index in [9.17, 15) is 9.59 Å². The highest BCUT2D eigenvalue weighted by Gasteiger charge is 2.14. The van der Waals surface area contributed by atoms with E-state index >= 15 is 0 Å². The summed E-state index contributed by atoms with van der Waals surface area (Å²) in [6.45, 7) is -0.445. The van der Waals surface area contributed by atoms with E-state index in [1.807, 2.05) is 0 Å². The first-order valence-corrected chi connectivity index (χ1v) is 7.42. The average molecular weight is 354 g/mol. The Morgan fingerprint density at radius 3 is 2.65 bits per heavy atom. The Labute approximate surface area is 146 Å². The molecular formula is C17H14N4O5. The van der Waals surface area contributed by atoms with Gasteiger partial charge in [-0.25, -0.2) is 9.78 Å². The third-order valence-corrected chi connectivity index (χ3v) is 3.38. The van der Waals surface area contributed by atoms with Crippen LogP contribution in [0.15, 0.2) is 47.0 Å². The number of carboxylic acids is 1. The molecule has 0 atom stereocenters. The lowest BCUT2D eigenvalue weighted by molar-refractivity contribution is -0.139. The molecular weight excluding hydrogens is 340 g/mol. The summed E-state index contributed by atoms with van der Waals surface area (Å²) in [5, 5.41) is 19.2. The topological polar surface area (TPSA) is 152 Å². The number of carboxylic acid groups (broad SMARTS) is 1. The average Bonchev–Trinajstić information content (AvgIpc) is 3.04. The maximum absolute atomic E-state index is 12.3. The number of ether oxygens (including phenoxy) is 1. The van der Waals surface area contributed by atoms with Gasteiger partial charge in [0.25, 0.3) is 5.91 Å². The van der Waals surface area contributed by atoms with Gasteiger partial charge in [0.1, 0.15) is 11.6 Å². The van der Waals surface area contributed by atoms with Gasteiger partial charge < -0.3 is 25.3 Å². The normalized spacial score (nSPS) is 10.5. The number of carbonyl (C=O) groups excluding carboxylic acids is 1. The summed E-state index contributed by atoms with van der Waals surface area (Å²) in [6, 6.07) is 9.34. The van der Waals surface area contributed by atoms with Crippen LogP contribution in [0.2, 0.25) is 0 Å². The van der Waals surface area contributed by atoms with Crippen molar-refractivity contribution in [2.24, 2.45) is 5.73 Å². The van der Waals surface area contributed by atoms with E-state index in [0.29, 0.717) is 22.4 Å². The number of nitrogens with zero attached hydrogens (tertiary/aromatic N) is 1. The number of nitrogens with one attached hydrogen (secondary N) is 2. The predicted octanol–water partition coefficient (Wildman–Crippen LogP) is 1.83. The van der Waals surface area contributed by atoms with Gasteiger partial charge in [0, 0.05) is 22.8 Å². The number of benzene rings is 1. The highest BCUT2D eigenvalue weighted by atomic mass is 16.5. The molecule has 2 aromatic heterocycles. The van der Waals surface area contributed by atoms with E-state index in [1.54, 1.807) is 18.2 Å². The number of carbonyl (C=O) groups is 2. The maximum Gasteiger partial charge on any atom is 0.341 e. The number of hydrogen-bond donors (Lipinski definition) is 4. The molecule has 3 aromatic rings. The minimum absolute atomic E-state index is 0.0550. The van der Waals surface area contributed by atoms with Crippen LogP contribution in [0.1, 0.15) is 16.1 Å². The van der Waals surface area contributed by atoms with Gasteiger partial charge in [-0.2, -0.15) is 0 Å². The summed E-state index contributed by atoms with van der Waals surface area (Å²) in [5.41, 5.74) is 6.59. The second-order valence-corrected chi connectivity index (χ2v) is 5.30. The number of nitrogens with two attached hydrogens (primary N) is 1. The molecule has 0 spiro atoms. The van der Waals surface area contributed by atoms with Crippen LogP contribution in [-0.4, -0.2) is 34.4 Å². The van der Waals surface area contributed by atoms with Crippen LogP contribution in [-0.2, 0) is 4.79 Å². The second kappa shape index (κ2) is 6.93. The highest BCUT2D eigenvalue weighted by Crippen LogP contribution is 2.21. The zero-order valence-corrected chi connectivity index (χ0v) is 13.4. The summed E-state index contributed by atoms with van der Waals surface area (Å²) in [7, 11) is 0. The van der Waals surface area contributed by atoms with Crippen molar-refractivity contribution in [3.8, 4) is 5.75 Å². The molecule has 5 N–H and O–H groups in total. The molecule has 0 fully saturated rings. The minimum Gasteiger partial charge on any atom is -0.482 e. The number of nitrogen functional groups attached to an aromatic ring is 1. The van der Waals surface area contributed by atoms with Gasteiger partial charge in [0.15, 0.2) is 12.4 Å². The molecule has 2 heterocycles. The molecule has 0 unspecified atom stereocenters. The summed E-state index contributed by atoms with van der Waals surface area (Å²) in [4.78, 5) is 26.8. The molecule has 1 aromatic carbocycles. The largest absolute Gasteiger partial charge is 0.482 e. The fourth-order valence-corrected chi connectivity index (χ4v) is 2.16. The Hall–Kier alpha value is -3.88. The first kappa shape index (κ1) is 17.0. The highest BCUT2D eigenvalue weighted by molar-refractivity contribution is 6.05. The molecule has 0 saturated carbocycles. The van der Waals surface area contributed by atoms with Gasteiger partial charge in [0.2, 0.25) is 5.71 Å². The van der Waals surface area contributed by atoms with E-state index in [-0.39, 0.29) is 17.3 Å². The predicted molar refractivity (Wildman–Crippen MR) is 92.6 cm³/mol. The van der Waals surface area contributed by atoms with Crippen LogP contribution in [0, 0.1) is 5.41 Å². The molecule has 26 heavy (non-hydrogen) atoms. The third-order valence-electron chi connectivity index (χ3n) is 3.38. The summed E-state index contributed by atoms with van der Waals surface area (Å²) < 4.78 is 10.4. The van der Waals surface area contributed by atoms with Gasteiger partial charge in [-0.05, 0) is 36.4 Å². The molecule has 0 aliphatic heterocycles. The smallest absolute Gasteiger partial charge is 0.341 e. The number of rotatable bonds is 6. The Morgan fingerprint density at radius 1 is 1.27 bits per heavy atom. The lowest BCUT2D eigenvalue weighted by Gasteiger charge is -2.05. The molecule has 0 radical (unpaired) electrons. The number of hydrogen-bond acceptors (Lipinski definition) is 6. The summed E-state index contributed by atoms with van der Waals surface area (Å²) in [5.74, 6) is -1.26. The number of aliphatic carboxylic acids is 1.